The Morgan fingerprint density at radius 3 is 2.64 bits per heavy atom. The first kappa shape index (κ1) is 21.7. The van der Waals surface area contributed by atoms with Gasteiger partial charge in [0.05, 0.1) is 23.5 Å². The fraction of sp³-hybridized carbons (Fsp3) is 0.292. The zero-order valence-electron chi connectivity index (χ0n) is 17.8. The summed E-state index contributed by atoms with van der Waals surface area (Å²) in [6, 6.07) is 9.02. The monoisotopic (exact) mass is 470 g/mol. The fourth-order valence-electron chi connectivity index (χ4n) is 4.13. The molecule has 5 rings (SSSR count). The molecule has 1 saturated heterocycles. The molecule has 1 aliphatic rings. The van der Waals surface area contributed by atoms with Gasteiger partial charge in [-0.3, -0.25) is 4.98 Å². The highest BCUT2D eigenvalue weighted by molar-refractivity contribution is 6.29. The fourth-order valence-corrected chi connectivity index (χ4v) is 4.24. The third-order valence-corrected chi connectivity index (χ3v) is 5.94. The van der Waals surface area contributed by atoms with Gasteiger partial charge in [-0.2, -0.15) is 5.10 Å². The summed E-state index contributed by atoms with van der Waals surface area (Å²) in [7, 11) is 0. The van der Waals surface area contributed by atoms with Gasteiger partial charge in [0.1, 0.15) is 22.7 Å². The van der Waals surface area contributed by atoms with E-state index in [1.165, 1.54) is 0 Å². The van der Waals surface area contributed by atoms with Crippen LogP contribution in [0.2, 0.25) is 5.15 Å². The molecule has 1 aromatic carbocycles. The van der Waals surface area contributed by atoms with Crippen molar-refractivity contribution in [2.24, 2.45) is 0 Å². The van der Waals surface area contributed by atoms with E-state index in [2.05, 4.69) is 9.97 Å². The van der Waals surface area contributed by atoms with Gasteiger partial charge in [0.25, 0.3) is 0 Å². The van der Waals surface area contributed by atoms with E-state index >= 15 is 0 Å². The SMILES string of the molecule is CC(Oc1ccc2c(c1)c(-c1ccc(Cl)nc1)nn2C1CCCCO1)c1c(F)cncc1F. The lowest BCUT2D eigenvalue weighted by Gasteiger charge is -2.23. The number of ether oxygens (including phenoxy) is 2. The quantitative estimate of drug-likeness (QED) is 0.322. The van der Waals surface area contributed by atoms with E-state index in [4.69, 9.17) is 26.2 Å². The van der Waals surface area contributed by atoms with Crippen LogP contribution in [0.25, 0.3) is 22.2 Å². The molecule has 0 N–H and O–H groups in total. The van der Waals surface area contributed by atoms with Crippen LogP contribution >= 0.6 is 11.6 Å². The highest BCUT2D eigenvalue weighted by Crippen LogP contribution is 2.36. The number of hydrogen-bond acceptors (Lipinski definition) is 5. The van der Waals surface area contributed by atoms with Gasteiger partial charge < -0.3 is 9.47 Å². The van der Waals surface area contributed by atoms with Crippen LogP contribution in [0.3, 0.4) is 0 Å². The molecule has 0 spiro atoms. The predicted molar refractivity (Wildman–Crippen MR) is 120 cm³/mol. The minimum atomic E-state index is -0.858. The van der Waals surface area contributed by atoms with E-state index in [9.17, 15) is 8.78 Å². The van der Waals surface area contributed by atoms with Gasteiger partial charge in [-0.1, -0.05) is 11.6 Å². The molecule has 0 saturated carbocycles. The van der Waals surface area contributed by atoms with Crippen LogP contribution in [-0.2, 0) is 4.74 Å². The van der Waals surface area contributed by atoms with Gasteiger partial charge in [0.15, 0.2) is 17.9 Å². The van der Waals surface area contributed by atoms with Crippen molar-refractivity contribution < 1.29 is 18.3 Å². The Kier molecular flexibility index (Phi) is 5.95. The molecular formula is C24H21ClF2N4O2. The highest BCUT2D eigenvalue weighted by Gasteiger charge is 2.23. The number of aromatic nitrogens is 4. The second-order valence-corrected chi connectivity index (χ2v) is 8.33. The lowest BCUT2D eigenvalue weighted by Crippen LogP contribution is -2.19. The predicted octanol–water partition coefficient (Wildman–Crippen LogP) is 6.26. The maximum absolute atomic E-state index is 14.2. The summed E-state index contributed by atoms with van der Waals surface area (Å²) in [6.07, 6.45) is 5.54. The lowest BCUT2D eigenvalue weighted by atomic mass is 10.1. The first-order valence-corrected chi connectivity index (χ1v) is 11.1. The summed E-state index contributed by atoms with van der Waals surface area (Å²) in [6.45, 7) is 2.28. The molecule has 2 unspecified atom stereocenters. The Labute approximate surface area is 194 Å². The second kappa shape index (κ2) is 9.03. The van der Waals surface area contributed by atoms with Crippen molar-refractivity contribution in [2.75, 3.05) is 6.61 Å². The molecule has 2 atom stereocenters. The molecule has 6 nitrogen and oxygen atoms in total. The minimum Gasteiger partial charge on any atom is -0.486 e. The molecule has 0 radical (unpaired) electrons. The number of fused-ring (bicyclic) bond motifs is 1. The number of rotatable bonds is 5. The maximum Gasteiger partial charge on any atom is 0.151 e. The van der Waals surface area contributed by atoms with Crippen LogP contribution in [0.5, 0.6) is 5.75 Å². The van der Waals surface area contributed by atoms with Gasteiger partial charge in [-0.25, -0.2) is 18.4 Å². The normalized spacial score (nSPS) is 17.3. The zero-order chi connectivity index (χ0) is 22.9. The lowest BCUT2D eigenvalue weighted by molar-refractivity contribution is -0.0365. The van der Waals surface area contributed by atoms with E-state index in [0.29, 0.717) is 23.2 Å². The summed E-state index contributed by atoms with van der Waals surface area (Å²) in [5.41, 5.74) is 2.18. The van der Waals surface area contributed by atoms with Crippen molar-refractivity contribution in [2.45, 2.75) is 38.5 Å². The molecule has 33 heavy (non-hydrogen) atoms. The van der Waals surface area contributed by atoms with Crippen LogP contribution in [-0.4, -0.2) is 26.4 Å². The van der Waals surface area contributed by atoms with Gasteiger partial charge in [-0.05, 0) is 56.5 Å². The first-order chi connectivity index (χ1) is 16.0. The van der Waals surface area contributed by atoms with E-state index in [-0.39, 0.29) is 11.8 Å². The average molecular weight is 471 g/mol. The average Bonchev–Trinajstić information content (AvgIpc) is 3.19. The molecule has 170 valence electrons. The maximum atomic E-state index is 14.2. The molecule has 1 aliphatic heterocycles. The Bertz CT molecular complexity index is 1270. The van der Waals surface area contributed by atoms with Crippen LogP contribution in [0, 0.1) is 11.6 Å². The van der Waals surface area contributed by atoms with Gasteiger partial charge in [0.2, 0.25) is 0 Å². The topological polar surface area (TPSA) is 62.1 Å². The Morgan fingerprint density at radius 1 is 1.12 bits per heavy atom. The Morgan fingerprint density at radius 2 is 1.94 bits per heavy atom. The van der Waals surface area contributed by atoms with Crippen molar-refractivity contribution in [3.05, 3.63) is 71.3 Å². The van der Waals surface area contributed by atoms with Crippen LogP contribution in [0.4, 0.5) is 8.78 Å². The smallest absolute Gasteiger partial charge is 0.151 e. The summed E-state index contributed by atoms with van der Waals surface area (Å²) in [4.78, 5) is 7.71. The molecular weight excluding hydrogens is 450 g/mol. The number of nitrogens with zero attached hydrogens (tertiary/aromatic N) is 4. The molecule has 9 heteroatoms. The van der Waals surface area contributed by atoms with Gasteiger partial charge in [0, 0.05) is 23.8 Å². The second-order valence-electron chi connectivity index (χ2n) is 7.94. The van der Waals surface area contributed by atoms with Crippen LogP contribution in [0.15, 0.2) is 48.9 Å². The van der Waals surface area contributed by atoms with Gasteiger partial charge in [-0.15, -0.1) is 0 Å². The molecule has 4 aromatic rings. The summed E-state index contributed by atoms with van der Waals surface area (Å²) >= 11 is 5.97. The first-order valence-electron chi connectivity index (χ1n) is 10.7. The zero-order valence-corrected chi connectivity index (χ0v) is 18.6. The molecule has 0 bridgehead atoms. The van der Waals surface area contributed by atoms with Crippen molar-refractivity contribution in [3.8, 4) is 17.0 Å². The van der Waals surface area contributed by atoms with Crippen molar-refractivity contribution in [1.82, 2.24) is 19.7 Å². The van der Waals surface area contributed by atoms with Crippen LogP contribution in [0.1, 0.15) is 44.1 Å². The third kappa shape index (κ3) is 4.28. The summed E-state index contributed by atoms with van der Waals surface area (Å²) in [5.74, 6) is -1.05. The summed E-state index contributed by atoms with van der Waals surface area (Å²) < 4.78 is 42.1. The van der Waals surface area contributed by atoms with Crippen molar-refractivity contribution in [1.29, 1.82) is 0 Å². The minimum absolute atomic E-state index is 0.166. The molecule has 4 heterocycles. The number of benzene rings is 1. The molecule has 0 amide bonds. The number of halogens is 3. The summed E-state index contributed by atoms with van der Waals surface area (Å²) in [5, 5.41) is 6.04. The largest absolute Gasteiger partial charge is 0.486 e. The Balaban J connectivity index is 1.57. The Hall–Kier alpha value is -3.10. The number of pyridine rings is 2. The van der Waals surface area contributed by atoms with E-state index in [1.807, 2.05) is 22.9 Å². The van der Waals surface area contributed by atoms with Crippen molar-refractivity contribution >= 4 is 22.5 Å². The third-order valence-electron chi connectivity index (χ3n) is 5.72. The van der Waals surface area contributed by atoms with E-state index in [0.717, 1.165) is 48.1 Å². The highest BCUT2D eigenvalue weighted by atomic mass is 35.5. The van der Waals surface area contributed by atoms with Crippen LogP contribution < -0.4 is 4.74 Å². The molecule has 0 aliphatic carbocycles. The number of hydrogen-bond donors (Lipinski definition) is 0. The van der Waals surface area contributed by atoms with E-state index < -0.39 is 17.7 Å². The standard InChI is InChI=1S/C24H21ClF2N4O2/c1-14(23-18(26)12-28-13-19(23)27)33-16-6-7-20-17(10-16)24(15-5-8-21(25)29-11-15)30-31(20)22-4-2-3-9-32-22/h5-8,10-14,22H,2-4,9H2,1H3. The molecule has 3 aromatic heterocycles. The van der Waals surface area contributed by atoms with Gasteiger partial charge >= 0.3 is 0 Å². The van der Waals surface area contributed by atoms with Crippen molar-refractivity contribution in [3.63, 3.8) is 0 Å². The molecule has 1 fully saturated rings. The van der Waals surface area contributed by atoms with E-state index in [1.54, 1.807) is 25.3 Å².